The molecule has 200 valence electrons. The highest BCUT2D eigenvalue weighted by Crippen LogP contribution is 2.33. The maximum Gasteiger partial charge on any atom is 0.251 e. The van der Waals surface area contributed by atoms with Crippen LogP contribution in [0.3, 0.4) is 0 Å². The summed E-state index contributed by atoms with van der Waals surface area (Å²) in [7, 11) is 0. The van der Waals surface area contributed by atoms with Gasteiger partial charge in [0.15, 0.2) is 5.76 Å². The van der Waals surface area contributed by atoms with Crippen LogP contribution in [0.4, 0.5) is 10.1 Å². The highest BCUT2D eigenvalue weighted by atomic mass is 19.1. The highest BCUT2D eigenvalue weighted by Gasteiger charge is 2.36. The summed E-state index contributed by atoms with van der Waals surface area (Å²) in [5, 5.41) is 16.1. The van der Waals surface area contributed by atoms with Crippen LogP contribution in [0.5, 0.6) is 0 Å². The number of para-hydroxylation sites is 1. The maximum absolute atomic E-state index is 14.0. The lowest BCUT2D eigenvalue weighted by atomic mass is 10.00. The number of furan rings is 1. The van der Waals surface area contributed by atoms with Crippen LogP contribution in [0.2, 0.25) is 0 Å². The number of anilines is 1. The fourth-order valence-corrected chi connectivity index (χ4v) is 4.36. The molecule has 0 bridgehead atoms. The molecule has 0 aliphatic heterocycles. The van der Waals surface area contributed by atoms with Gasteiger partial charge in [0.05, 0.1) is 0 Å². The van der Waals surface area contributed by atoms with Crippen LogP contribution in [-0.4, -0.2) is 42.5 Å². The fourth-order valence-electron chi connectivity index (χ4n) is 4.36. The van der Waals surface area contributed by atoms with Crippen molar-refractivity contribution in [2.75, 3.05) is 4.90 Å². The molecule has 3 aromatic heterocycles. The first-order valence-corrected chi connectivity index (χ1v) is 12.4. The average molecular weight is 530 g/mol. The molecule has 2 aromatic carbocycles. The van der Waals surface area contributed by atoms with Crippen LogP contribution >= 0.6 is 0 Å². The number of aromatic nitrogens is 5. The fraction of sp³-hybridized carbons (Fsp3) is 0.250. The van der Waals surface area contributed by atoms with E-state index in [4.69, 9.17) is 4.42 Å². The van der Waals surface area contributed by atoms with Crippen molar-refractivity contribution < 1.29 is 18.4 Å². The van der Waals surface area contributed by atoms with Gasteiger partial charge >= 0.3 is 0 Å². The van der Waals surface area contributed by atoms with Crippen molar-refractivity contribution in [3.8, 4) is 11.6 Å². The van der Waals surface area contributed by atoms with E-state index in [0.29, 0.717) is 22.8 Å². The van der Waals surface area contributed by atoms with E-state index in [1.807, 2.05) is 45.0 Å². The Kier molecular flexibility index (Phi) is 6.73. The van der Waals surface area contributed by atoms with Crippen LogP contribution in [-0.2, 0) is 16.1 Å². The van der Waals surface area contributed by atoms with Gasteiger partial charge in [-0.1, -0.05) is 18.2 Å². The van der Waals surface area contributed by atoms with E-state index in [0.717, 1.165) is 15.7 Å². The van der Waals surface area contributed by atoms with Gasteiger partial charge in [0.2, 0.25) is 11.7 Å². The summed E-state index contributed by atoms with van der Waals surface area (Å²) < 4.78 is 19.5. The molecule has 5 aromatic rings. The molecule has 39 heavy (non-hydrogen) atoms. The van der Waals surface area contributed by atoms with E-state index in [1.54, 1.807) is 25.3 Å². The van der Waals surface area contributed by atoms with Gasteiger partial charge in [-0.3, -0.25) is 14.5 Å². The Morgan fingerprint density at radius 3 is 2.54 bits per heavy atom. The second-order valence-electron chi connectivity index (χ2n) is 10.2. The van der Waals surface area contributed by atoms with Crippen molar-refractivity contribution in [2.24, 2.45) is 0 Å². The number of aromatic amines is 1. The number of fused-ring (bicyclic) bond motifs is 1. The van der Waals surface area contributed by atoms with Crippen LogP contribution in [0.15, 0.2) is 71.3 Å². The van der Waals surface area contributed by atoms with Gasteiger partial charge in [-0.05, 0) is 75.4 Å². The summed E-state index contributed by atoms with van der Waals surface area (Å²) in [4.78, 5) is 33.5. The van der Waals surface area contributed by atoms with Gasteiger partial charge in [0.1, 0.15) is 24.2 Å². The second kappa shape index (κ2) is 10.2. The zero-order valence-corrected chi connectivity index (χ0v) is 22.0. The Labute approximate surface area is 223 Å². The molecule has 0 aliphatic rings. The van der Waals surface area contributed by atoms with Crippen molar-refractivity contribution in [3.05, 3.63) is 84.0 Å². The number of tetrazole rings is 1. The van der Waals surface area contributed by atoms with Crippen molar-refractivity contribution in [1.82, 2.24) is 30.5 Å². The van der Waals surface area contributed by atoms with E-state index < -0.39 is 29.2 Å². The largest absolute Gasteiger partial charge is 0.458 e. The van der Waals surface area contributed by atoms with E-state index in [2.05, 4.69) is 25.7 Å². The van der Waals surface area contributed by atoms with Crippen LogP contribution in [0.1, 0.15) is 38.1 Å². The molecule has 1 atom stereocenters. The molecule has 0 aliphatic carbocycles. The Hall–Kier alpha value is -4.80. The monoisotopic (exact) mass is 529 g/mol. The quantitative estimate of drug-likeness (QED) is 0.319. The van der Waals surface area contributed by atoms with Crippen LogP contribution < -0.4 is 10.2 Å². The summed E-state index contributed by atoms with van der Waals surface area (Å²) in [6, 6.07) is 15.3. The van der Waals surface area contributed by atoms with Crippen LogP contribution in [0.25, 0.3) is 22.5 Å². The minimum atomic E-state index is -1.09. The molecule has 2 N–H and O–H groups in total. The molecule has 1 unspecified atom stereocenters. The number of nitrogens with one attached hydrogen (secondary N) is 2. The molecule has 11 heteroatoms. The Bertz CT molecular complexity index is 1630. The highest BCUT2D eigenvalue weighted by molar-refractivity contribution is 6.03. The molecule has 3 heterocycles. The average Bonchev–Trinajstić information content (AvgIpc) is 3.62. The third-order valence-electron chi connectivity index (χ3n) is 5.98. The standard InChI is InChI=1S/C28H28FN7O3/c1-17-9-14-23(39-17)26-32-34-35(33-26)16-24(37)36(19-12-10-18(29)11-13-19)25(27(38)31-28(2,3)4)21-15-30-22-8-6-5-7-20(21)22/h5-15,25,30H,16H2,1-4H3,(H,31,38). The SMILES string of the molecule is Cc1ccc(-c2nnn(CC(=O)N(c3ccc(F)cc3)C(C(=O)NC(C)(C)C)c3c[nH]c4ccccc34)n2)o1. The van der Waals surface area contributed by atoms with E-state index in [1.165, 1.54) is 29.2 Å². The van der Waals surface area contributed by atoms with Crippen LogP contribution in [0, 0.1) is 12.7 Å². The molecular weight excluding hydrogens is 501 g/mol. The van der Waals surface area contributed by atoms with Crippen molar-refractivity contribution >= 4 is 28.4 Å². The smallest absolute Gasteiger partial charge is 0.251 e. The van der Waals surface area contributed by atoms with Crippen molar-refractivity contribution in [1.29, 1.82) is 0 Å². The summed E-state index contributed by atoms with van der Waals surface area (Å²) in [5.41, 5.74) is 1.15. The lowest BCUT2D eigenvalue weighted by Gasteiger charge is -2.33. The molecule has 0 radical (unpaired) electrons. The number of H-pyrrole nitrogens is 1. The third-order valence-corrected chi connectivity index (χ3v) is 5.98. The number of carbonyl (C=O) groups is 2. The summed E-state index contributed by atoms with van der Waals surface area (Å²) >= 11 is 0. The molecule has 0 fully saturated rings. The van der Waals surface area contributed by atoms with Crippen molar-refractivity contribution in [2.45, 2.75) is 45.8 Å². The van der Waals surface area contributed by atoms with Gasteiger partial charge in [-0.15, -0.1) is 10.2 Å². The van der Waals surface area contributed by atoms with Gasteiger partial charge in [-0.25, -0.2) is 4.39 Å². The third kappa shape index (κ3) is 5.57. The second-order valence-corrected chi connectivity index (χ2v) is 10.2. The number of halogens is 1. The molecule has 0 spiro atoms. The molecule has 10 nitrogen and oxygen atoms in total. The lowest BCUT2D eigenvalue weighted by Crippen LogP contribution is -2.50. The zero-order chi connectivity index (χ0) is 27.7. The number of hydrogen-bond donors (Lipinski definition) is 2. The first-order chi connectivity index (χ1) is 18.6. The minimum Gasteiger partial charge on any atom is -0.458 e. The number of benzene rings is 2. The van der Waals surface area contributed by atoms with E-state index >= 15 is 0 Å². The maximum atomic E-state index is 14.0. The van der Waals surface area contributed by atoms with Crippen molar-refractivity contribution in [3.63, 3.8) is 0 Å². The van der Waals surface area contributed by atoms with Gasteiger partial charge in [0.25, 0.3) is 5.91 Å². The Balaban J connectivity index is 1.58. The molecular formula is C28H28FN7O3. The summed E-state index contributed by atoms with van der Waals surface area (Å²) in [5.74, 6) is -0.0361. The molecule has 0 saturated heterocycles. The number of aryl methyl sites for hydroxylation is 1. The Morgan fingerprint density at radius 2 is 1.85 bits per heavy atom. The summed E-state index contributed by atoms with van der Waals surface area (Å²) in [6.07, 6.45) is 1.71. The lowest BCUT2D eigenvalue weighted by molar-refractivity contribution is -0.128. The van der Waals surface area contributed by atoms with E-state index in [9.17, 15) is 14.0 Å². The number of hydrogen-bond acceptors (Lipinski definition) is 6. The predicted octanol–water partition coefficient (Wildman–Crippen LogP) is 4.55. The topological polar surface area (TPSA) is 122 Å². The number of rotatable bonds is 7. The van der Waals surface area contributed by atoms with E-state index in [-0.39, 0.29) is 12.4 Å². The number of nitrogens with zero attached hydrogens (tertiary/aromatic N) is 5. The van der Waals surface area contributed by atoms with Gasteiger partial charge < -0.3 is 14.7 Å². The molecule has 5 rings (SSSR count). The first-order valence-electron chi connectivity index (χ1n) is 12.4. The number of amides is 2. The Morgan fingerprint density at radius 1 is 1.10 bits per heavy atom. The normalized spacial score (nSPS) is 12.4. The zero-order valence-electron chi connectivity index (χ0n) is 22.0. The van der Waals surface area contributed by atoms with Gasteiger partial charge in [-0.2, -0.15) is 4.80 Å². The first kappa shape index (κ1) is 25.8. The predicted molar refractivity (Wildman–Crippen MR) is 143 cm³/mol. The van der Waals surface area contributed by atoms with Gasteiger partial charge in [0, 0.05) is 33.9 Å². The minimum absolute atomic E-state index is 0.225. The summed E-state index contributed by atoms with van der Waals surface area (Å²) in [6.45, 7) is 7.05. The molecule has 2 amide bonds. The molecule has 0 saturated carbocycles. The number of carbonyl (C=O) groups excluding carboxylic acids is 2.